The fourth-order valence-corrected chi connectivity index (χ4v) is 6.40. The number of nitrogens with one attached hydrogen (secondary N) is 1. The standard InChI is InChI=1S/C45H85N3O4/c1-8-10-12-14-16-18-19-20-21-22-23-24-25-27-31-36-42(49)48(39-34-38-47(6)7)41(44(51)46-45(3,4)5)35-30-29-33-40-52-43(50)37-32-28-26-17-15-13-11-9-2/h16,18,20-21,41H,8-15,17,19,22-40H2,1-7H3,(H,46,51)/b18-16-,21-20-. The van der Waals surface area contributed by atoms with Gasteiger partial charge in [-0.1, -0.05) is 122 Å². The van der Waals surface area contributed by atoms with Gasteiger partial charge in [0.05, 0.1) is 6.61 Å². The molecule has 52 heavy (non-hydrogen) atoms. The topological polar surface area (TPSA) is 79.0 Å². The van der Waals surface area contributed by atoms with E-state index in [0.717, 1.165) is 77.2 Å². The number of carbonyl (C=O) groups excluding carboxylic acids is 3. The molecule has 1 unspecified atom stereocenters. The van der Waals surface area contributed by atoms with Crippen LogP contribution in [0.5, 0.6) is 0 Å². The average Bonchev–Trinajstić information content (AvgIpc) is 3.08. The van der Waals surface area contributed by atoms with Crippen LogP contribution in [0.1, 0.15) is 202 Å². The Morgan fingerprint density at radius 3 is 1.73 bits per heavy atom. The van der Waals surface area contributed by atoms with Gasteiger partial charge in [-0.2, -0.15) is 0 Å². The smallest absolute Gasteiger partial charge is 0.305 e. The molecule has 0 aliphatic rings. The van der Waals surface area contributed by atoms with Gasteiger partial charge in [0.15, 0.2) is 0 Å². The Balaban J connectivity index is 4.78. The lowest BCUT2D eigenvalue weighted by Gasteiger charge is -2.34. The van der Waals surface area contributed by atoms with Crippen LogP contribution >= 0.6 is 0 Å². The molecule has 0 saturated heterocycles. The second kappa shape index (κ2) is 34.6. The minimum atomic E-state index is -0.489. The van der Waals surface area contributed by atoms with Crippen LogP contribution in [0.2, 0.25) is 0 Å². The highest BCUT2D eigenvalue weighted by atomic mass is 16.5. The Morgan fingerprint density at radius 2 is 1.13 bits per heavy atom. The van der Waals surface area contributed by atoms with E-state index in [9.17, 15) is 14.4 Å². The molecule has 0 aliphatic carbocycles. The molecule has 0 aliphatic heterocycles. The van der Waals surface area contributed by atoms with Gasteiger partial charge in [-0.25, -0.2) is 0 Å². The molecule has 1 atom stereocenters. The van der Waals surface area contributed by atoms with Crippen LogP contribution in [0.3, 0.4) is 0 Å². The molecular formula is C45H85N3O4. The number of allylic oxidation sites excluding steroid dienone is 4. The molecule has 0 radical (unpaired) electrons. The molecule has 0 heterocycles. The maximum Gasteiger partial charge on any atom is 0.305 e. The second-order valence-electron chi connectivity index (χ2n) is 16.3. The molecule has 304 valence electrons. The maximum atomic E-state index is 13.7. The first-order chi connectivity index (χ1) is 25.0. The summed E-state index contributed by atoms with van der Waals surface area (Å²) in [6.45, 7) is 12.3. The fraction of sp³-hybridized carbons (Fsp3) is 0.844. The number of hydrogen-bond acceptors (Lipinski definition) is 5. The number of nitrogens with zero attached hydrogens (tertiary/aromatic N) is 2. The molecule has 0 saturated carbocycles. The Labute approximate surface area is 322 Å². The van der Waals surface area contributed by atoms with Crippen molar-refractivity contribution in [2.75, 3.05) is 33.8 Å². The molecule has 0 aromatic carbocycles. The predicted molar refractivity (Wildman–Crippen MR) is 223 cm³/mol. The molecule has 0 rings (SSSR count). The fourth-order valence-electron chi connectivity index (χ4n) is 6.40. The Kier molecular flexibility index (Phi) is 33.2. The summed E-state index contributed by atoms with van der Waals surface area (Å²) in [5, 5.41) is 3.16. The highest BCUT2D eigenvalue weighted by molar-refractivity contribution is 5.88. The molecule has 7 nitrogen and oxygen atoms in total. The Morgan fingerprint density at radius 1 is 0.615 bits per heavy atom. The largest absolute Gasteiger partial charge is 0.466 e. The van der Waals surface area contributed by atoms with E-state index in [4.69, 9.17) is 4.74 Å². The molecule has 0 fully saturated rings. The van der Waals surface area contributed by atoms with Crippen molar-refractivity contribution >= 4 is 17.8 Å². The summed E-state index contributed by atoms with van der Waals surface area (Å²) in [5.74, 6) is -0.0738. The van der Waals surface area contributed by atoms with Crippen LogP contribution < -0.4 is 5.32 Å². The number of rotatable bonds is 35. The quantitative estimate of drug-likeness (QED) is 0.0399. The van der Waals surface area contributed by atoms with Crippen molar-refractivity contribution in [2.45, 2.75) is 213 Å². The number of carbonyl (C=O) groups is 3. The molecule has 0 aromatic heterocycles. The number of ether oxygens (including phenoxy) is 1. The Bertz CT molecular complexity index is 924. The molecule has 0 spiro atoms. The lowest BCUT2D eigenvalue weighted by atomic mass is 10.0. The number of hydrogen-bond donors (Lipinski definition) is 1. The van der Waals surface area contributed by atoms with E-state index >= 15 is 0 Å². The van der Waals surface area contributed by atoms with Crippen LogP contribution in [-0.2, 0) is 19.1 Å². The molecule has 7 heteroatoms. The van der Waals surface area contributed by atoms with Crippen molar-refractivity contribution in [1.82, 2.24) is 15.1 Å². The van der Waals surface area contributed by atoms with Gasteiger partial charge in [0.25, 0.3) is 0 Å². The van der Waals surface area contributed by atoms with Crippen LogP contribution in [0.15, 0.2) is 24.3 Å². The third kappa shape index (κ3) is 32.5. The Hall–Kier alpha value is -2.15. The van der Waals surface area contributed by atoms with Crippen LogP contribution in [0.4, 0.5) is 0 Å². The van der Waals surface area contributed by atoms with Crippen LogP contribution in [-0.4, -0.2) is 73.0 Å². The van der Waals surface area contributed by atoms with Crippen molar-refractivity contribution in [2.24, 2.45) is 0 Å². The van der Waals surface area contributed by atoms with E-state index < -0.39 is 6.04 Å². The maximum absolute atomic E-state index is 13.7. The third-order valence-electron chi connectivity index (χ3n) is 9.46. The summed E-state index contributed by atoms with van der Waals surface area (Å²) in [6.07, 6.45) is 36.4. The SMILES string of the molecule is CCCCC/C=C\C/C=C\CCCCCCCC(=O)N(CCCN(C)C)C(CCCCCOC(=O)CCCCCCCCCC)C(=O)NC(C)(C)C. The van der Waals surface area contributed by atoms with Crippen molar-refractivity contribution < 1.29 is 19.1 Å². The van der Waals surface area contributed by atoms with Crippen molar-refractivity contribution in [3.05, 3.63) is 24.3 Å². The van der Waals surface area contributed by atoms with Gasteiger partial charge < -0.3 is 19.9 Å². The average molecular weight is 732 g/mol. The minimum absolute atomic E-state index is 0.0671. The van der Waals surface area contributed by atoms with E-state index in [-0.39, 0.29) is 23.3 Å². The van der Waals surface area contributed by atoms with Crippen LogP contribution in [0.25, 0.3) is 0 Å². The highest BCUT2D eigenvalue weighted by Crippen LogP contribution is 2.18. The van der Waals surface area contributed by atoms with Crippen molar-refractivity contribution in [3.8, 4) is 0 Å². The van der Waals surface area contributed by atoms with E-state index in [2.05, 4.69) is 48.4 Å². The minimum Gasteiger partial charge on any atom is -0.466 e. The second-order valence-corrected chi connectivity index (χ2v) is 16.3. The van der Waals surface area contributed by atoms with Gasteiger partial charge in [-0.05, 0) is 112 Å². The summed E-state index contributed by atoms with van der Waals surface area (Å²) in [4.78, 5) is 43.6. The third-order valence-corrected chi connectivity index (χ3v) is 9.46. The molecule has 2 amide bonds. The lowest BCUT2D eigenvalue weighted by Crippen LogP contribution is -2.54. The zero-order valence-electron chi connectivity index (χ0n) is 35.4. The highest BCUT2D eigenvalue weighted by Gasteiger charge is 2.31. The van der Waals surface area contributed by atoms with Crippen molar-refractivity contribution in [1.29, 1.82) is 0 Å². The first kappa shape index (κ1) is 49.9. The molecule has 0 bridgehead atoms. The van der Waals surface area contributed by atoms with Crippen molar-refractivity contribution in [3.63, 3.8) is 0 Å². The van der Waals surface area contributed by atoms with Gasteiger partial charge in [0.1, 0.15) is 6.04 Å². The number of unbranched alkanes of at least 4 members (excludes halogenated alkanes) is 17. The summed E-state index contributed by atoms with van der Waals surface area (Å²) in [5.41, 5.74) is -0.378. The number of esters is 1. The zero-order chi connectivity index (χ0) is 38.7. The zero-order valence-corrected chi connectivity index (χ0v) is 35.4. The van der Waals surface area contributed by atoms with Gasteiger partial charge in [-0.15, -0.1) is 0 Å². The first-order valence-corrected chi connectivity index (χ1v) is 21.7. The van der Waals surface area contributed by atoms with Gasteiger partial charge >= 0.3 is 5.97 Å². The van der Waals surface area contributed by atoms with E-state index in [0.29, 0.717) is 32.4 Å². The van der Waals surface area contributed by atoms with E-state index in [1.54, 1.807) is 0 Å². The van der Waals surface area contributed by atoms with E-state index in [1.807, 2.05) is 39.8 Å². The summed E-state index contributed by atoms with van der Waals surface area (Å²) < 4.78 is 5.51. The molecule has 1 N–H and O–H groups in total. The van der Waals surface area contributed by atoms with Gasteiger partial charge in [0.2, 0.25) is 11.8 Å². The first-order valence-electron chi connectivity index (χ1n) is 21.7. The van der Waals surface area contributed by atoms with Crippen LogP contribution in [0, 0.1) is 0 Å². The predicted octanol–water partition coefficient (Wildman–Crippen LogP) is 11.5. The molecule has 0 aromatic rings. The molecular weight excluding hydrogens is 647 g/mol. The van der Waals surface area contributed by atoms with Gasteiger partial charge in [-0.3, -0.25) is 14.4 Å². The normalized spacial score (nSPS) is 12.6. The number of amides is 2. The monoisotopic (exact) mass is 732 g/mol. The lowest BCUT2D eigenvalue weighted by molar-refractivity contribution is -0.144. The van der Waals surface area contributed by atoms with Gasteiger partial charge in [0, 0.05) is 24.9 Å². The summed E-state index contributed by atoms with van der Waals surface area (Å²) in [7, 11) is 4.08. The summed E-state index contributed by atoms with van der Waals surface area (Å²) >= 11 is 0. The summed E-state index contributed by atoms with van der Waals surface area (Å²) in [6, 6.07) is -0.489. The van der Waals surface area contributed by atoms with E-state index in [1.165, 1.54) is 77.0 Å².